The van der Waals surface area contributed by atoms with E-state index in [1.54, 1.807) is 12.1 Å². The molecule has 1 aromatic heterocycles. The third-order valence-corrected chi connectivity index (χ3v) is 4.00. The third-order valence-electron chi connectivity index (χ3n) is 3.37. The molecule has 0 unspecified atom stereocenters. The van der Waals surface area contributed by atoms with Crippen LogP contribution < -0.4 is 0 Å². The summed E-state index contributed by atoms with van der Waals surface area (Å²) in [4.78, 5) is 23.3. The number of hydrogen-bond acceptors (Lipinski definition) is 5. The molecule has 0 fully saturated rings. The fourth-order valence-electron chi connectivity index (χ4n) is 2.37. The maximum atomic E-state index is 11.7. The zero-order chi connectivity index (χ0) is 18.6. The Morgan fingerprint density at radius 1 is 1.24 bits per heavy atom. The second-order valence-electron chi connectivity index (χ2n) is 6.53. The predicted octanol–water partition coefficient (Wildman–Crippen LogP) is 3.55. The van der Waals surface area contributed by atoms with Crippen molar-refractivity contribution in [1.82, 2.24) is 4.57 Å². The second-order valence-corrected chi connectivity index (χ2v) is 7.39. The molecule has 0 atom stereocenters. The number of carbonyl (C=O) groups is 2. The number of esters is 2. The summed E-state index contributed by atoms with van der Waals surface area (Å²) < 4.78 is 18.2. The normalized spacial score (nSPS) is 11.6. The molecule has 0 bridgehead atoms. The van der Waals surface area contributed by atoms with Crippen LogP contribution in [-0.4, -0.2) is 42.4 Å². The first-order chi connectivity index (χ1) is 11.7. The van der Waals surface area contributed by atoms with Crippen LogP contribution in [0.25, 0.3) is 10.9 Å². The lowest BCUT2D eigenvalue weighted by molar-refractivity contribution is -0.160. The lowest BCUT2D eigenvalue weighted by atomic mass is 10.1. The van der Waals surface area contributed by atoms with Crippen molar-refractivity contribution in [3.8, 4) is 0 Å². The van der Waals surface area contributed by atoms with Crippen LogP contribution in [0.15, 0.2) is 28.9 Å². The predicted molar refractivity (Wildman–Crippen MR) is 97.6 cm³/mol. The second kappa shape index (κ2) is 8.01. The van der Waals surface area contributed by atoms with Crippen molar-refractivity contribution in [3.63, 3.8) is 0 Å². The molecular formula is C18H22BrNO5. The molecular weight excluding hydrogens is 390 g/mol. The zero-order valence-electron chi connectivity index (χ0n) is 14.8. The molecule has 0 saturated heterocycles. The third kappa shape index (κ3) is 5.31. The van der Waals surface area contributed by atoms with Crippen molar-refractivity contribution in [2.45, 2.75) is 32.9 Å². The van der Waals surface area contributed by atoms with E-state index in [0.717, 1.165) is 15.4 Å². The summed E-state index contributed by atoms with van der Waals surface area (Å²) in [7, 11) is 1.35. The molecule has 7 heteroatoms. The molecule has 2 aromatic rings. The van der Waals surface area contributed by atoms with Gasteiger partial charge in [-0.25, -0.2) is 9.59 Å². The van der Waals surface area contributed by atoms with Crippen LogP contribution in [0.2, 0.25) is 0 Å². The molecule has 6 nitrogen and oxygen atoms in total. The van der Waals surface area contributed by atoms with Crippen LogP contribution in [0.5, 0.6) is 0 Å². The van der Waals surface area contributed by atoms with E-state index in [0.29, 0.717) is 18.7 Å². The van der Waals surface area contributed by atoms with Gasteiger partial charge in [-0.2, -0.15) is 0 Å². The van der Waals surface area contributed by atoms with Crippen molar-refractivity contribution in [2.75, 3.05) is 20.3 Å². The number of aromatic nitrogens is 1. The zero-order valence-corrected chi connectivity index (χ0v) is 16.4. The quantitative estimate of drug-likeness (QED) is 0.536. The van der Waals surface area contributed by atoms with E-state index >= 15 is 0 Å². The van der Waals surface area contributed by atoms with Gasteiger partial charge in [0, 0.05) is 22.6 Å². The largest absolute Gasteiger partial charge is 0.465 e. The van der Waals surface area contributed by atoms with E-state index in [1.165, 1.54) is 7.11 Å². The van der Waals surface area contributed by atoms with Crippen LogP contribution in [0.4, 0.5) is 0 Å². The van der Waals surface area contributed by atoms with E-state index in [9.17, 15) is 9.59 Å². The number of nitrogens with zero attached hydrogens (tertiary/aromatic N) is 1. The van der Waals surface area contributed by atoms with Gasteiger partial charge in [-0.15, -0.1) is 0 Å². The summed E-state index contributed by atoms with van der Waals surface area (Å²) in [6.07, 6.45) is 1.92. The number of fused-ring (bicyclic) bond motifs is 1. The molecule has 0 amide bonds. The van der Waals surface area contributed by atoms with E-state index < -0.39 is 5.60 Å². The lowest BCUT2D eigenvalue weighted by Gasteiger charge is -2.19. The van der Waals surface area contributed by atoms with Crippen molar-refractivity contribution in [2.24, 2.45) is 0 Å². The van der Waals surface area contributed by atoms with Gasteiger partial charge in [-0.1, -0.05) is 6.07 Å². The van der Waals surface area contributed by atoms with Crippen LogP contribution in [0, 0.1) is 0 Å². The molecule has 0 N–H and O–H groups in total. The highest BCUT2D eigenvalue weighted by atomic mass is 79.9. The Labute approximate surface area is 155 Å². The summed E-state index contributed by atoms with van der Waals surface area (Å²) in [5, 5.41) is 0.986. The molecule has 0 saturated carbocycles. The Balaban J connectivity index is 2.01. The molecule has 0 radical (unpaired) electrons. The standard InChI is InChI=1S/C18H22BrNO5/c1-18(2,3)25-16(21)11-24-8-7-20-10-14(19)13-6-5-12(9-15(13)20)17(22)23-4/h5-6,9-10H,7-8,11H2,1-4H3. The van der Waals surface area contributed by atoms with E-state index in [-0.39, 0.29) is 18.5 Å². The summed E-state index contributed by atoms with van der Waals surface area (Å²) in [6.45, 7) is 6.23. The molecule has 136 valence electrons. The fraction of sp³-hybridized carbons (Fsp3) is 0.444. The van der Waals surface area contributed by atoms with Gasteiger partial charge in [-0.3, -0.25) is 0 Å². The average Bonchev–Trinajstić information content (AvgIpc) is 2.85. The van der Waals surface area contributed by atoms with E-state index in [4.69, 9.17) is 14.2 Å². The monoisotopic (exact) mass is 411 g/mol. The van der Waals surface area contributed by atoms with E-state index in [1.807, 2.05) is 37.6 Å². The van der Waals surface area contributed by atoms with Gasteiger partial charge >= 0.3 is 11.9 Å². The SMILES string of the molecule is COC(=O)c1ccc2c(Br)cn(CCOCC(=O)OC(C)(C)C)c2c1. The van der Waals surface area contributed by atoms with Crippen molar-refractivity contribution < 1.29 is 23.8 Å². The first-order valence-electron chi connectivity index (χ1n) is 7.87. The van der Waals surface area contributed by atoms with Crippen molar-refractivity contribution in [1.29, 1.82) is 0 Å². The Bertz CT molecular complexity index is 776. The molecule has 0 aliphatic carbocycles. The van der Waals surface area contributed by atoms with Gasteiger partial charge < -0.3 is 18.8 Å². The Hall–Kier alpha value is -1.86. The van der Waals surface area contributed by atoms with Gasteiger partial charge in [0.15, 0.2) is 0 Å². The Kier molecular flexibility index (Phi) is 6.24. The summed E-state index contributed by atoms with van der Waals surface area (Å²) in [5.41, 5.74) is 0.846. The summed E-state index contributed by atoms with van der Waals surface area (Å²) >= 11 is 3.51. The highest BCUT2D eigenvalue weighted by Gasteiger charge is 2.16. The number of ether oxygens (including phenoxy) is 3. The number of halogens is 1. The van der Waals surface area contributed by atoms with Gasteiger partial charge in [0.2, 0.25) is 0 Å². The number of carbonyl (C=O) groups excluding carboxylic acids is 2. The van der Waals surface area contributed by atoms with Gasteiger partial charge in [0.05, 0.1) is 24.8 Å². The van der Waals surface area contributed by atoms with Gasteiger partial charge in [0.25, 0.3) is 0 Å². The van der Waals surface area contributed by atoms with E-state index in [2.05, 4.69) is 15.9 Å². The maximum Gasteiger partial charge on any atom is 0.337 e. The average molecular weight is 412 g/mol. The smallest absolute Gasteiger partial charge is 0.337 e. The number of benzene rings is 1. The van der Waals surface area contributed by atoms with Crippen LogP contribution in [-0.2, 0) is 25.5 Å². The molecule has 0 aliphatic rings. The maximum absolute atomic E-state index is 11.7. The highest BCUT2D eigenvalue weighted by molar-refractivity contribution is 9.10. The lowest BCUT2D eigenvalue weighted by Crippen LogP contribution is -2.26. The molecule has 1 heterocycles. The highest BCUT2D eigenvalue weighted by Crippen LogP contribution is 2.27. The first-order valence-corrected chi connectivity index (χ1v) is 8.67. The van der Waals surface area contributed by atoms with Crippen molar-refractivity contribution in [3.05, 3.63) is 34.4 Å². The fourth-order valence-corrected chi connectivity index (χ4v) is 2.95. The van der Waals surface area contributed by atoms with Gasteiger partial charge in [-0.05, 0) is 48.8 Å². The number of hydrogen-bond donors (Lipinski definition) is 0. The molecule has 0 spiro atoms. The van der Waals surface area contributed by atoms with Crippen LogP contribution in [0.1, 0.15) is 31.1 Å². The minimum absolute atomic E-state index is 0.0922. The molecule has 25 heavy (non-hydrogen) atoms. The molecule has 2 rings (SSSR count). The summed E-state index contributed by atoms with van der Waals surface area (Å²) in [6, 6.07) is 5.37. The van der Waals surface area contributed by atoms with Crippen molar-refractivity contribution >= 4 is 38.8 Å². The Morgan fingerprint density at radius 3 is 2.60 bits per heavy atom. The minimum atomic E-state index is -0.522. The Morgan fingerprint density at radius 2 is 1.96 bits per heavy atom. The number of rotatable bonds is 6. The molecule has 0 aliphatic heterocycles. The number of methoxy groups -OCH3 is 1. The van der Waals surface area contributed by atoms with Gasteiger partial charge in [0.1, 0.15) is 12.2 Å². The van der Waals surface area contributed by atoms with Crippen LogP contribution in [0.3, 0.4) is 0 Å². The van der Waals surface area contributed by atoms with Crippen LogP contribution >= 0.6 is 15.9 Å². The first kappa shape index (κ1) is 19.5. The topological polar surface area (TPSA) is 66.8 Å². The summed E-state index contributed by atoms with van der Waals surface area (Å²) in [5.74, 6) is -0.772. The minimum Gasteiger partial charge on any atom is -0.465 e. The molecule has 1 aromatic carbocycles.